The van der Waals surface area contributed by atoms with E-state index in [4.69, 9.17) is 16.2 Å². The molecule has 30 heavy (non-hydrogen) atoms. The molecule has 0 saturated carbocycles. The van der Waals surface area contributed by atoms with Crippen molar-refractivity contribution in [2.45, 2.75) is 26.9 Å². The molecule has 0 radical (unpaired) electrons. The largest absolute Gasteiger partial charge is 0.485 e. The number of rotatable bonds is 3. The van der Waals surface area contributed by atoms with Crippen molar-refractivity contribution in [3.8, 4) is 11.4 Å². The van der Waals surface area contributed by atoms with Crippen LogP contribution in [0.2, 0.25) is 0 Å². The zero-order chi connectivity index (χ0) is 21.3. The molecule has 0 aliphatic carbocycles. The molecule has 5 N–H and O–H groups in total. The lowest BCUT2D eigenvalue weighted by atomic mass is 10.0. The van der Waals surface area contributed by atoms with E-state index in [0.29, 0.717) is 24.3 Å². The van der Waals surface area contributed by atoms with Gasteiger partial charge in [-0.15, -0.1) is 0 Å². The van der Waals surface area contributed by atoms with Gasteiger partial charge in [0.05, 0.1) is 11.4 Å². The molecular weight excluding hydrogens is 383 g/mol. The number of aromatic nitrogens is 3. The number of fused-ring (bicyclic) bond motifs is 5. The van der Waals surface area contributed by atoms with Crippen LogP contribution in [0.3, 0.4) is 0 Å². The lowest BCUT2D eigenvalue weighted by Gasteiger charge is -2.20. The first-order chi connectivity index (χ1) is 14.5. The monoisotopic (exact) mass is 408 g/mol. The molecule has 1 aliphatic heterocycles. The highest BCUT2D eigenvalue weighted by molar-refractivity contribution is 5.70. The fraction of sp³-hybridized carbons (Fsp3) is 0.273. The summed E-state index contributed by atoms with van der Waals surface area (Å²) in [5, 5.41) is 8.07. The zero-order valence-electron chi connectivity index (χ0n) is 17.1. The third-order valence-corrected chi connectivity index (χ3v) is 5.08. The molecule has 0 unspecified atom stereocenters. The summed E-state index contributed by atoms with van der Waals surface area (Å²) in [5.41, 5.74) is 18.2. The lowest BCUT2D eigenvalue weighted by molar-refractivity contribution is 0.305. The Morgan fingerprint density at radius 3 is 2.87 bits per heavy atom. The van der Waals surface area contributed by atoms with Gasteiger partial charge in [-0.25, -0.2) is 14.1 Å². The number of pyridine rings is 1. The third-order valence-electron chi connectivity index (χ3n) is 5.08. The van der Waals surface area contributed by atoms with E-state index in [9.17, 15) is 4.39 Å². The maximum absolute atomic E-state index is 14.0. The Morgan fingerprint density at radius 2 is 2.10 bits per heavy atom. The maximum atomic E-state index is 14.0. The van der Waals surface area contributed by atoms with Gasteiger partial charge in [0.25, 0.3) is 0 Å². The molecule has 4 rings (SSSR count). The van der Waals surface area contributed by atoms with Crippen molar-refractivity contribution in [2.24, 2.45) is 5.73 Å². The van der Waals surface area contributed by atoms with Gasteiger partial charge in [0.2, 0.25) is 0 Å². The van der Waals surface area contributed by atoms with Crippen LogP contribution in [-0.2, 0) is 13.0 Å². The standard InChI is InChI=1S/C22H25FN6O/c1-3-26-21-14(10-24)8-18-6-13(2)28-29(18)19-5-4-17(23)7-16(19)12-30-20-9-15(21)11-27-22(20)25/h4-7,9,11,26H,3,8,10,12,24H2,1-2H3,(H2,25,27)/b21-14-. The number of nitrogens with zero attached hydrogens (tertiary/aromatic N) is 3. The zero-order valence-corrected chi connectivity index (χ0v) is 17.1. The van der Waals surface area contributed by atoms with E-state index in [1.165, 1.54) is 12.1 Å². The van der Waals surface area contributed by atoms with Gasteiger partial charge in [0, 0.05) is 48.2 Å². The molecule has 2 aromatic heterocycles. The van der Waals surface area contributed by atoms with Crippen LogP contribution >= 0.6 is 0 Å². The van der Waals surface area contributed by atoms with Crippen LogP contribution in [0.1, 0.15) is 29.4 Å². The SMILES string of the molecule is CCN/C1=C(\CN)Cc2cc(C)nn2-c2ccc(F)cc2COc2cc1cnc2N. The molecule has 3 heterocycles. The van der Waals surface area contributed by atoms with Gasteiger partial charge in [0.1, 0.15) is 12.4 Å². The predicted octanol–water partition coefficient (Wildman–Crippen LogP) is 2.71. The minimum absolute atomic E-state index is 0.130. The molecule has 1 aliphatic rings. The summed E-state index contributed by atoms with van der Waals surface area (Å²) in [6.07, 6.45) is 2.29. The molecule has 0 fully saturated rings. The smallest absolute Gasteiger partial charge is 0.166 e. The van der Waals surface area contributed by atoms with Gasteiger partial charge in [0.15, 0.2) is 11.6 Å². The Bertz CT molecular complexity index is 1120. The number of benzene rings is 1. The van der Waals surface area contributed by atoms with E-state index in [-0.39, 0.29) is 18.2 Å². The van der Waals surface area contributed by atoms with E-state index in [1.807, 2.05) is 30.7 Å². The van der Waals surface area contributed by atoms with E-state index in [0.717, 1.165) is 40.5 Å². The second-order valence-corrected chi connectivity index (χ2v) is 7.25. The van der Waals surface area contributed by atoms with Crippen LogP contribution in [0.4, 0.5) is 10.2 Å². The number of anilines is 1. The van der Waals surface area contributed by atoms with Crippen molar-refractivity contribution in [2.75, 3.05) is 18.8 Å². The topological polar surface area (TPSA) is 104 Å². The lowest BCUT2D eigenvalue weighted by Crippen LogP contribution is -2.20. The molecule has 0 atom stereocenters. The van der Waals surface area contributed by atoms with Crippen LogP contribution in [0, 0.1) is 12.7 Å². The number of nitrogen functional groups attached to an aromatic ring is 1. The first kappa shape index (κ1) is 19.9. The van der Waals surface area contributed by atoms with E-state index in [1.54, 1.807) is 12.3 Å². The third kappa shape index (κ3) is 3.73. The number of nitrogens with one attached hydrogen (secondary N) is 1. The van der Waals surface area contributed by atoms with Crippen LogP contribution in [-0.4, -0.2) is 27.9 Å². The number of hydrogen-bond donors (Lipinski definition) is 3. The Morgan fingerprint density at radius 1 is 1.27 bits per heavy atom. The highest BCUT2D eigenvalue weighted by Crippen LogP contribution is 2.29. The summed E-state index contributed by atoms with van der Waals surface area (Å²) in [6, 6.07) is 8.46. The van der Waals surface area contributed by atoms with Crippen LogP contribution in [0.5, 0.6) is 5.75 Å². The predicted molar refractivity (Wildman–Crippen MR) is 115 cm³/mol. The Balaban J connectivity index is 1.97. The summed E-state index contributed by atoms with van der Waals surface area (Å²) in [5.74, 6) is 0.369. The number of nitrogens with two attached hydrogens (primary N) is 2. The summed E-state index contributed by atoms with van der Waals surface area (Å²) in [4.78, 5) is 4.30. The second-order valence-electron chi connectivity index (χ2n) is 7.25. The molecule has 0 spiro atoms. The van der Waals surface area contributed by atoms with Crippen LogP contribution in [0.15, 0.2) is 42.1 Å². The van der Waals surface area contributed by atoms with Crippen molar-refractivity contribution in [1.82, 2.24) is 20.1 Å². The summed E-state index contributed by atoms with van der Waals surface area (Å²) < 4.78 is 21.8. The summed E-state index contributed by atoms with van der Waals surface area (Å²) in [6.45, 7) is 5.16. The molecule has 0 amide bonds. The average molecular weight is 408 g/mol. The first-order valence-corrected chi connectivity index (χ1v) is 9.89. The van der Waals surface area contributed by atoms with Gasteiger partial charge < -0.3 is 21.5 Å². The van der Waals surface area contributed by atoms with Crippen molar-refractivity contribution < 1.29 is 9.13 Å². The van der Waals surface area contributed by atoms with Gasteiger partial charge >= 0.3 is 0 Å². The molecule has 3 aromatic rings. The minimum Gasteiger partial charge on any atom is -0.485 e. The molecular formula is C22H25FN6O. The first-order valence-electron chi connectivity index (χ1n) is 9.89. The molecule has 1 aromatic carbocycles. The van der Waals surface area contributed by atoms with Crippen molar-refractivity contribution in [3.63, 3.8) is 0 Å². The van der Waals surface area contributed by atoms with Gasteiger partial charge in [-0.2, -0.15) is 5.10 Å². The maximum Gasteiger partial charge on any atom is 0.166 e. The van der Waals surface area contributed by atoms with Crippen molar-refractivity contribution in [3.05, 3.63) is 70.4 Å². The highest BCUT2D eigenvalue weighted by atomic mass is 19.1. The number of aryl methyl sites for hydroxylation is 1. The summed E-state index contributed by atoms with van der Waals surface area (Å²) in [7, 11) is 0. The normalized spacial score (nSPS) is 16.0. The average Bonchev–Trinajstić information content (AvgIpc) is 3.09. The fourth-order valence-corrected chi connectivity index (χ4v) is 3.72. The van der Waals surface area contributed by atoms with Crippen molar-refractivity contribution >= 4 is 11.5 Å². The Hall–Kier alpha value is -3.39. The summed E-state index contributed by atoms with van der Waals surface area (Å²) >= 11 is 0. The van der Waals surface area contributed by atoms with Gasteiger partial charge in [-0.3, -0.25) is 0 Å². The van der Waals surface area contributed by atoms with E-state index >= 15 is 0 Å². The fourth-order valence-electron chi connectivity index (χ4n) is 3.72. The second kappa shape index (κ2) is 8.16. The Kier molecular flexibility index (Phi) is 5.41. The quantitative estimate of drug-likeness (QED) is 0.616. The number of halogens is 1. The van der Waals surface area contributed by atoms with Gasteiger partial charge in [-0.1, -0.05) is 0 Å². The van der Waals surface area contributed by atoms with Gasteiger partial charge in [-0.05, 0) is 49.8 Å². The van der Waals surface area contributed by atoms with E-state index < -0.39 is 0 Å². The minimum atomic E-state index is -0.341. The van der Waals surface area contributed by atoms with Crippen LogP contribution < -0.4 is 21.5 Å². The number of ether oxygens (including phenoxy) is 1. The Labute approximate surface area is 174 Å². The highest BCUT2D eigenvalue weighted by Gasteiger charge is 2.19. The molecule has 2 bridgehead atoms. The van der Waals surface area contributed by atoms with Crippen LogP contribution in [0.25, 0.3) is 11.4 Å². The molecule has 156 valence electrons. The van der Waals surface area contributed by atoms with Crippen molar-refractivity contribution in [1.29, 1.82) is 0 Å². The molecule has 7 nitrogen and oxygen atoms in total. The number of hydrogen-bond acceptors (Lipinski definition) is 6. The molecule has 8 heteroatoms. The van der Waals surface area contributed by atoms with E-state index in [2.05, 4.69) is 15.4 Å². The molecule has 0 saturated heterocycles.